The minimum Gasteiger partial charge on any atom is -0.497 e. The zero-order valence-electron chi connectivity index (χ0n) is 20.5. The Morgan fingerprint density at radius 3 is 2.63 bits per heavy atom. The first-order valence-electron chi connectivity index (χ1n) is 11.7. The molecule has 1 aromatic carbocycles. The Labute approximate surface area is 204 Å². The first-order valence-corrected chi connectivity index (χ1v) is 11.7. The lowest BCUT2D eigenvalue weighted by molar-refractivity contribution is 0.101. The molecule has 1 aliphatic heterocycles. The van der Waals surface area contributed by atoms with Gasteiger partial charge in [-0.15, -0.1) is 0 Å². The molecule has 1 aliphatic rings. The Hall–Kier alpha value is -3.95. The summed E-state index contributed by atoms with van der Waals surface area (Å²) in [5.41, 5.74) is 1.96. The third-order valence-electron chi connectivity index (χ3n) is 6.05. The third kappa shape index (κ3) is 5.11. The number of methoxy groups -OCH3 is 2. The van der Waals surface area contributed by atoms with Gasteiger partial charge in [0.15, 0.2) is 0 Å². The van der Waals surface area contributed by atoms with Crippen LogP contribution < -0.4 is 20.1 Å². The van der Waals surface area contributed by atoms with Crippen LogP contribution in [0.3, 0.4) is 0 Å². The number of nitrogens with zero attached hydrogens (tertiary/aromatic N) is 3. The van der Waals surface area contributed by atoms with E-state index in [0.29, 0.717) is 54.9 Å². The van der Waals surface area contributed by atoms with Crippen molar-refractivity contribution in [3.63, 3.8) is 0 Å². The van der Waals surface area contributed by atoms with E-state index in [1.54, 1.807) is 44.4 Å². The topological polar surface area (TPSA) is 107 Å². The standard InChI is InChI=1S/C25H31N5O5/c1-5-30-20-11-18(33-3)12-22(34-4)19(20)13-21(30)24(31)28-16-7-8-23(26-14-16)27-17-9-10-29(15-17)25(32)35-6-2/h7-8,11-14,17H,5-6,9-10,15H2,1-4H3,(H,26,27)(H,28,31)/t17-/m0/s1. The minimum atomic E-state index is -0.289. The van der Waals surface area contributed by atoms with Crippen molar-refractivity contribution in [2.24, 2.45) is 0 Å². The maximum atomic E-state index is 13.1. The van der Waals surface area contributed by atoms with Crippen LogP contribution in [0.2, 0.25) is 0 Å². The van der Waals surface area contributed by atoms with Crippen LogP contribution in [0.5, 0.6) is 11.5 Å². The second-order valence-electron chi connectivity index (χ2n) is 8.20. The van der Waals surface area contributed by atoms with Crippen LogP contribution in [-0.2, 0) is 11.3 Å². The number of rotatable bonds is 8. The molecule has 3 aromatic rings. The van der Waals surface area contributed by atoms with Gasteiger partial charge < -0.3 is 34.3 Å². The number of carbonyl (C=O) groups is 2. The number of amides is 2. The summed E-state index contributed by atoms with van der Waals surface area (Å²) in [5.74, 6) is 1.74. The van der Waals surface area contributed by atoms with Gasteiger partial charge in [-0.3, -0.25) is 4.79 Å². The van der Waals surface area contributed by atoms with Crippen molar-refractivity contribution in [1.29, 1.82) is 0 Å². The number of nitrogens with one attached hydrogen (secondary N) is 2. The van der Waals surface area contributed by atoms with E-state index in [1.807, 2.05) is 29.7 Å². The molecule has 0 radical (unpaired) electrons. The van der Waals surface area contributed by atoms with Crippen LogP contribution in [0.1, 0.15) is 30.8 Å². The quantitative estimate of drug-likeness (QED) is 0.501. The summed E-state index contributed by atoms with van der Waals surface area (Å²) in [4.78, 5) is 31.1. The van der Waals surface area contributed by atoms with Crippen molar-refractivity contribution in [3.05, 3.63) is 42.2 Å². The van der Waals surface area contributed by atoms with Crippen molar-refractivity contribution < 1.29 is 23.8 Å². The van der Waals surface area contributed by atoms with Gasteiger partial charge in [-0.25, -0.2) is 9.78 Å². The predicted molar refractivity (Wildman–Crippen MR) is 134 cm³/mol. The molecule has 10 nitrogen and oxygen atoms in total. The molecule has 1 fully saturated rings. The zero-order chi connectivity index (χ0) is 24.9. The highest BCUT2D eigenvalue weighted by Gasteiger charge is 2.27. The molecule has 0 unspecified atom stereocenters. The van der Waals surface area contributed by atoms with E-state index in [2.05, 4.69) is 15.6 Å². The van der Waals surface area contributed by atoms with Crippen LogP contribution in [0, 0.1) is 0 Å². The Morgan fingerprint density at radius 1 is 1.14 bits per heavy atom. The van der Waals surface area contributed by atoms with Gasteiger partial charge >= 0.3 is 6.09 Å². The summed E-state index contributed by atoms with van der Waals surface area (Å²) in [6.07, 6.45) is 2.14. The molecule has 1 saturated heterocycles. The monoisotopic (exact) mass is 481 g/mol. The van der Waals surface area contributed by atoms with Crippen molar-refractivity contribution in [3.8, 4) is 11.5 Å². The number of ether oxygens (including phenoxy) is 3. The summed E-state index contributed by atoms with van der Waals surface area (Å²) in [5, 5.41) is 7.10. The first-order chi connectivity index (χ1) is 17.0. The number of anilines is 2. The fraction of sp³-hybridized carbons (Fsp3) is 0.400. The number of carbonyl (C=O) groups excluding carboxylic acids is 2. The van der Waals surface area contributed by atoms with E-state index in [4.69, 9.17) is 14.2 Å². The summed E-state index contributed by atoms with van der Waals surface area (Å²) in [7, 11) is 3.19. The second kappa shape index (κ2) is 10.5. The Kier molecular flexibility index (Phi) is 7.28. The molecule has 4 rings (SSSR count). The lowest BCUT2D eigenvalue weighted by Gasteiger charge is -2.16. The van der Waals surface area contributed by atoms with Gasteiger partial charge in [-0.1, -0.05) is 0 Å². The highest BCUT2D eigenvalue weighted by molar-refractivity contribution is 6.07. The number of aromatic nitrogens is 2. The van der Waals surface area contributed by atoms with Gasteiger partial charge in [0.2, 0.25) is 0 Å². The van der Waals surface area contributed by atoms with Gasteiger partial charge in [0, 0.05) is 43.2 Å². The fourth-order valence-electron chi connectivity index (χ4n) is 4.33. The maximum Gasteiger partial charge on any atom is 0.409 e. The molecule has 0 bridgehead atoms. The first kappa shape index (κ1) is 24.2. The molecule has 2 aromatic heterocycles. The van der Waals surface area contributed by atoms with Gasteiger partial charge in [-0.2, -0.15) is 0 Å². The van der Waals surface area contributed by atoms with E-state index in [1.165, 1.54) is 0 Å². The summed E-state index contributed by atoms with van der Waals surface area (Å²) >= 11 is 0. The van der Waals surface area contributed by atoms with Crippen molar-refractivity contribution in [2.75, 3.05) is 44.5 Å². The Bertz CT molecular complexity index is 1210. The van der Waals surface area contributed by atoms with Crippen LogP contribution >= 0.6 is 0 Å². The number of hydrogen-bond acceptors (Lipinski definition) is 7. The second-order valence-corrected chi connectivity index (χ2v) is 8.20. The molecule has 1 atom stereocenters. The number of likely N-dealkylation sites (tertiary alicyclic amines) is 1. The normalized spacial score (nSPS) is 15.2. The fourth-order valence-corrected chi connectivity index (χ4v) is 4.33. The molecule has 2 amide bonds. The highest BCUT2D eigenvalue weighted by atomic mass is 16.6. The lowest BCUT2D eigenvalue weighted by atomic mass is 10.2. The average molecular weight is 482 g/mol. The molecule has 3 heterocycles. The van der Waals surface area contributed by atoms with E-state index >= 15 is 0 Å². The lowest BCUT2D eigenvalue weighted by Crippen LogP contribution is -2.32. The average Bonchev–Trinajstić information content (AvgIpc) is 3.49. The van der Waals surface area contributed by atoms with Crippen LogP contribution in [0.15, 0.2) is 36.5 Å². The molecular weight excluding hydrogens is 450 g/mol. The summed E-state index contributed by atoms with van der Waals surface area (Å²) in [6, 6.07) is 9.23. The molecule has 10 heteroatoms. The molecule has 0 spiro atoms. The van der Waals surface area contributed by atoms with Gasteiger partial charge in [0.25, 0.3) is 5.91 Å². The molecule has 0 saturated carbocycles. The highest BCUT2D eigenvalue weighted by Crippen LogP contribution is 2.34. The van der Waals surface area contributed by atoms with Gasteiger partial charge in [0.05, 0.1) is 38.2 Å². The number of fused-ring (bicyclic) bond motifs is 1. The predicted octanol–water partition coefficient (Wildman–Crippen LogP) is 3.97. The van der Waals surface area contributed by atoms with Gasteiger partial charge in [0.1, 0.15) is 23.0 Å². The van der Waals surface area contributed by atoms with Gasteiger partial charge in [-0.05, 0) is 38.5 Å². The molecule has 35 heavy (non-hydrogen) atoms. The number of pyridine rings is 1. The Morgan fingerprint density at radius 2 is 1.97 bits per heavy atom. The molecule has 0 aliphatic carbocycles. The SMILES string of the molecule is CCOC(=O)N1CC[C@H](Nc2ccc(NC(=O)c3cc4c(OC)cc(OC)cc4n3CC)cn2)C1. The van der Waals surface area contributed by atoms with Crippen molar-refractivity contribution in [2.45, 2.75) is 32.9 Å². The largest absolute Gasteiger partial charge is 0.497 e. The third-order valence-corrected chi connectivity index (χ3v) is 6.05. The molecule has 2 N–H and O–H groups in total. The molecule has 186 valence electrons. The van der Waals surface area contributed by atoms with Crippen molar-refractivity contribution >= 4 is 34.4 Å². The van der Waals surface area contributed by atoms with Crippen LogP contribution in [0.4, 0.5) is 16.3 Å². The molecular formula is C25H31N5O5. The van der Waals surface area contributed by atoms with E-state index < -0.39 is 0 Å². The summed E-state index contributed by atoms with van der Waals surface area (Å²) in [6.45, 7) is 5.96. The van der Waals surface area contributed by atoms with E-state index in [0.717, 1.165) is 17.3 Å². The minimum absolute atomic E-state index is 0.0968. The number of hydrogen-bond donors (Lipinski definition) is 2. The number of aryl methyl sites for hydroxylation is 1. The number of benzene rings is 1. The van der Waals surface area contributed by atoms with Crippen LogP contribution in [0.25, 0.3) is 10.9 Å². The summed E-state index contributed by atoms with van der Waals surface area (Å²) < 4.78 is 17.9. The maximum absolute atomic E-state index is 13.1. The smallest absolute Gasteiger partial charge is 0.409 e. The van der Waals surface area contributed by atoms with Crippen LogP contribution in [-0.4, -0.2) is 66.4 Å². The van der Waals surface area contributed by atoms with Crippen molar-refractivity contribution in [1.82, 2.24) is 14.5 Å². The Balaban J connectivity index is 1.45. The zero-order valence-corrected chi connectivity index (χ0v) is 20.5. The van der Waals surface area contributed by atoms with E-state index in [-0.39, 0.29) is 18.0 Å². The van der Waals surface area contributed by atoms with E-state index in [9.17, 15) is 9.59 Å².